The number of benzene rings is 1. The van der Waals surface area contributed by atoms with E-state index in [1.807, 2.05) is 0 Å². The summed E-state index contributed by atoms with van der Waals surface area (Å²) >= 11 is 0. The molecule has 0 saturated carbocycles. The van der Waals surface area contributed by atoms with Crippen LogP contribution in [0.4, 0.5) is 4.39 Å². The van der Waals surface area contributed by atoms with Gasteiger partial charge in [-0.25, -0.2) is 14.2 Å². The Morgan fingerprint density at radius 3 is 2.70 bits per heavy atom. The van der Waals surface area contributed by atoms with Gasteiger partial charge in [0.15, 0.2) is 0 Å². The van der Waals surface area contributed by atoms with Crippen LogP contribution in [0.1, 0.15) is 27.6 Å². The second-order valence-corrected chi connectivity index (χ2v) is 4.79. The summed E-state index contributed by atoms with van der Waals surface area (Å²) in [6.45, 7) is 1.91. The zero-order valence-electron chi connectivity index (χ0n) is 12.3. The Balaban J connectivity index is 2.17. The van der Waals surface area contributed by atoms with E-state index in [9.17, 15) is 14.0 Å². The summed E-state index contributed by atoms with van der Waals surface area (Å²) in [4.78, 5) is 28.8. The first kappa shape index (κ1) is 14.9. The number of nitrogens with zero attached hydrogens (tertiary/aromatic N) is 2. The second kappa shape index (κ2) is 6.00. The third-order valence-corrected chi connectivity index (χ3v) is 3.38. The van der Waals surface area contributed by atoms with Gasteiger partial charge in [-0.1, -0.05) is 12.1 Å². The number of hydrogen-bond acceptors (Lipinski definition) is 4. The molecule has 5 nitrogen and oxygen atoms in total. The molecule has 3 aromatic rings. The molecular weight excluding hydrogens is 299 g/mol. The molecule has 0 N–H and O–H groups in total. The number of halogens is 1. The Morgan fingerprint density at radius 1 is 1.17 bits per heavy atom. The molecule has 2 aromatic heterocycles. The standard InChI is InChI=1S/C17H13FN2O3/c1-2-23-17(22)13-10-20(15-11(13)7-5-9-19-15)16(21)12-6-3-4-8-14(12)18/h3-10H,2H2,1H3. The van der Waals surface area contributed by atoms with Gasteiger partial charge in [0.25, 0.3) is 5.91 Å². The molecule has 0 fully saturated rings. The molecule has 0 bridgehead atoms. The predicted molar refractivity (Wildman–Crippen MR) is 81.8 cm³/mol. The van der Waals surface area contributed by atoms with Crippen molar-refractivity contribution in [2.24, 2.45) is 0 Å². The molecule has 0 aliphatic rings. The molecule has 0 saturated heterocycles. The first-order valence-corrected chi connectivity index (χ1v) is 7.06. The van der Waals surface area contributed by atoms with E-state index in [0.717, 1.165) is 0 Å². The smallest absolute Gasteiger partial charge is 0.340 e. The molecule has 0 aliphatic carbocycles. The maximum Gasteiger partial charge on any atom is 0.340 e. The number of pyridine rings is 1. The summed E-state index contributed by atoms with van der Waals surface area (Å²) in [7, 11) is 0. The minimum absolute atomic E-state index is 0.0922. The lowest BCUT2D eigenvalue weighted by molar-refractivity contribution is 0.0528. The summed E-state index contributed by atoms with van der Waals surface area (Å²) in [5.41, 5.74) is 0.411. The first-order valence-electron chi connectivity index (χ1n) is 7.06. The van der Waals surface area contributed by atoms with Gasteiger partial charge < -0.3 is 4.74 Å². The van der Waals surface area contributed by atoms with Crippen LogP contribution >= 0.6 is 0 Å². The number of carbonyl (C=O) groups is 2. The second-order valence-electron chi connectivity index (χ2n) is 4.79. The molecule has 0 atom stereocenters. The normalized spacial score (nSPS) is 10.7. The highest BCUT2D eigenvalue weighted by Gasteiger charge is 2.22. The number of ether oxygens (including phenoxy) is 1. The van der Waals surface area contributed by atoms with Crippen molar-refractivity contribution in [3.63, 3.8) is 0 Å². The van der Waals surface area contributed by atoms with Crippen LogP contribution in [0.5, 0.6) is 0 Å². The third-order valence-electron chi connectivity index (χ3n) is 3.38. The van der Waals surface area contributed by atoms with Crippen LogP contribution in [-0.4, -0.2) is 28.0 Å². The molecule has 3 rings (SSSR count). The molecule has 116 valence electrons. The third kappa shape index (κ3) is 2.59. The van der Waals surface area contributed by atoms with Gasteiger partial charge in [0, 0.05) is 17.8 Å². The van der Waals surface area contributed by atoms with Crippen molar-refractivity contribution in [1.29, 1.82) is 0 Å². The van der Waals surface area contributed by atoms with Crippen molar-refractivity contribution >= 4 is 22.9 Å². The summed E-state index contributed by atoms with van der Waals surface area (Å²) in [5, 5.41) is 0.482. The number of esters is 1. The van der Waals surface area contributed by atoms with E-state index in [2.05, 4.69) is 4.98 Å². The molecule has 0 unspecified atom stereocenters. The average molecular weight is 312 g/mol. The number of hydrogen-bond donors (Lipinski definition) is 0. The van der Waals surface area contributed by atoms with Crippen LogP contribution in [0.2, 0.25) is 0 Å². The monoisotopic (exact) mass is 312 g/mol. The van der Waals surface area contributed by atoms with Gasteiger partial charge in [-0.3, -0.25) is 9.36 Å². The highest BCUT2D eigenvalue weighted by molar-refractivity contribution is 6.08. The SMILES string of the molecule is CCOC(=O)c1cn(C(=O)c2ccccc2F)c2ncccc12. The van der Waals surface area contributed by atoms with E-state index in [0.29, 0.717) is 5.39 Å². The molecule has 23 heavy (non-hydrogen) atoms. The van der Waals surface area contributed by atoms with Crippen LogP contribution in [0.15, 0.2) is 48.8 Å². The zero-order valence-corrected chi connectivity index (χ0v) is 12.3. The largest absolute Gasteiger partial charge is 0.462 e. The highest BCUT2D eigenvalue weighted by atomic mass is 19.1. The molecule has 2 heterocycles. The molecule has 6 heteroatoms. The maximum absolute atomic E-state index is 13.9. The Morgan fingerprint density at radius 2 is 1.96 bits per heavy atom. The summed E-state index contributed by atoms with van der Waals surface area (Å²) < 4.78 is 20.0. The van der Waals surface area contributed by atoms with Gasteiger partial charge >= 0.3 is 5.97 Å². The van der Waals surface area contributed by atoms with Crippen molar-refractivity contribution in [2.45, 2.75) is 6.92 Å². The average Bonchev–Trinajstić information content (AvgIpc) is 2.95. The molecule has 0 amide bonds. The van der Waals surface area contributed by atoms with Crippen LogP contribution < -0.4 is 0 Å². The van der Waals surface area contributed by atoms with Crippen LogP contribution in [0.3, 0.4) is 0 Å². The van der Waals surface area contributed by atoms with Crippen molar-refractivity contribution in [3.05, 3.63) is 65.7 Å². The molecule has 0 spiro atoms. The van der Waals surface area contributed by atoms with Gasteiger partial charge in [0.05, 0.1) is 17.7 Å². The van der Waals surface area contributed by atoms with E-state index in [4.69, 9.17) is 4.74 Å². The topological polar surface area (TPSA) is 61.2 Å². The lowest BCUT2D eigenvalue weighted by Crippen LogP contribution is -2.13. The number of rotatable bonds is 3. The fraction of sp³-hybridized carbons (Fsp3) is 0.118. The van der Waals surface area contributed by atoms with Crippen LogP contribution in [0.25, 0.3) is 11.0 Å². The predicted octanol–water partition coefficient (Wildman–Crippen LogP) is 3.04. The summed E-state index contributed by atoms with van der Waals surface area (Å²) in [5.74, 6) is -1.78. The number of aromatic nitrogens is 2. The van der Waals surface area contributed by atoms with E-state index in [1.54, 1.807) is 25.1 Å². The minimum Gasteiger partial charge on any atom is -0.462 e. The maximum atomic E-state index is 13.9. The fourth-order valence-electron chi connectivity index (χ4n) is 2.35. The van der Waals surface area contributed by atoms with E-state index < -0.39 is 17.7 Å². The molecular formula is C17H13FN2O3. The summed E-state index contributed by atoms with van der Waals surface area (Å²) in [6, 6.07) is 8.99. The Hall–Kier alpha value is -3.02. The lowest BCUT2D eigenvalue weighted by atomic mass is 10.2. The van der Waals surface area contributed by atoms with Gasteiger partial charge in [-0.15, -0.1) is 0 Å². The number of carbonyl (C=O) groups excluding carboxylic acids is 2. The number of fused-ring (bicyclic) bond motifs is 1. The van der Waals surface area contributed by atoms with Gasteiger partial charge in [-0.05, 0) is 31.2 Å². The van der Waals surface area contributed by atoms with E-state index in [-0.39, 0.29) is 23.4 Å². The van der Waals surface area contributed by atoms with Crippen molar-refractivity contribution in [1.82, 2.24) is 9.55 Å². The highest BCUT2D eigenvalue weighted by Crippen LogP contribution is 2.22. The van der Waals surface area contributed by atoms with E-state index in [1.165, 1.54) is 35.2 Å². The minimum atomic E-state index is -0.632. The van der Waals surface area contributed by atoms with E-state index >= 15 is 0 Å². The quantitative estimate of drug-likeness (QED) is 0.697. The van der Waals surface area contributed by atoms with Gasteiger partial charge in [0.2, 0.25) is 0 Å². The fourth-order valence-corrected chi connectivity index (χ4v) is 2.35. The zero-order chi connectivity index (χ0) is 16.4. The van der Waals surface area contributed by atoms with Crippen molar-refractivity contribution in [3.8, 4) is 0 Å². The molecule has 0 aliphatic heterocycles. The van der Waals surface area contributed by atoms with Crippen molar-refractivity contribution in [2.75, 3.05) is 6.61 Å². The Kier molecular flexibility index (Phi) is 3.89. The molecule has 0 radical (unpaired) electrons. The van der Waals surface area contributed by atoms with Crippen molar-refractivity contribution < 1.29 is 18.7 Å². The molecule has 1 aromatic carbocycles. The van der Waals surface area contributed by atoms with Crippen LogP contribution in [-0.2, 0) is 4.74 Å². The van der Waals surface area contributed by atoms with Gasteiger partial charge in [0.1, 0.15) is 11.5 Å². The van der Waals surface area contributed by atoms with Crippen LogP contribution in [0, 0.1) is 5.82 Å². The Labute approximate surface area is 131 Å². The van der Waals surface area contributed by atoms with Gasteiger partial charge in [-0.2, -0.15) is 0 Å². The first-order chi connectivity index (χ1) is 11.1. The lowest BCUT2D eigenvalue weighted by Gasteiger charge is -2.04. The summed E-state index contributed by atoms with van der Waals surface area (Å²) in [6.07, 6.45) is 2.84. The Bertz CT molecular complexity index is 902.